The Labute approximate surface area is 131 Å². The summed E-state index contributed by atoms with van der Waals surface area (Å²) in [6, 6.07) is 10.4. The lowest BCUT2D eigenvalue weighted by atomic mass is 10.0. The fraction of sp³-hybridized carbons (Fsp3) is 0.188. The van der Waals surface area contributed by atoms with Crippen molar-refractivity contribution in [1.29, 1.82) is 0 Å². The third-order valence-electron chi connectivity index (χ3n) is 3.08. The van der Waals surface area contributed by atoms with Crippen molar-refractivity contribution in [2.24, 2.45) is 0 Å². The largest absolute Gasteiger partial charge is 0.497 e. The fourth-order valence-electron chi connectivity index (χ4n) is 2.02. The van der Waals surface area contributed by atoms with Crippen molar-refractivity contribution in [3.63, 3.8) is 0 Å². The number of carbonyl (C=O) groups excluding carboxylic acids is 1. The van der Waals surface area contributed by atoms with Crippen LogP contribution >= 0.6 is 15.9 Å². The highest BCUT2D eigenvalue weighted by molar-refractivity contribution is 9.10. The topological polar surface area (TPSA) is 44.8 Å². The second kappa shape index (κ2) is 6.63. The second-order valence-corrected chi connectivity index (χ2v) is 5.07. The van der Waals surface area contributed by atoms with E-state index in [4.69, 9.17) is 14.2 Å². The number of halogens is 1. The van der Waals surface area contributed by atoms with Crippen LogP contribution in [0.1, 0.15) is 15.9 Å². The van der Waals surface area contributed by atoms with Crippen molar-refractivity contribution in [2.75, 3.05) is 21.3 Å². The predicted octanol–water partition coefficient (Wildman–Crippen LogP) is 3.71. The van der Waals surface area contributed by atoms with Crippen LogP contribution in [0.5, 0.6) is 17.2 Å². The molecule has 0 unspecified atom stereocenters. The van der Waals surface area contributed by atoms with E-state index in [1.807, 2.05) is 0 Å². The molecule has 4 nitrogen and oxygen atoms in total. The molecule has 0 aromatic heterocycles. The van der Waals surface area contributed by atoms with Crippen molar-refractivity contribution < 1.29 is 19.0 Å². The molecule has 0 heterocycles. The Balaban J connectivity index is 2.54. The van der Waals surface area contributed by atoms with Gasteiger partial charge in [-0.15, -0.1) is 0 Å². The summed E-state index contributed by atoms with van der Waals surface area (Å²) in [5.41, 5.74) is 0.909. The van der Waals surface area contributed by atoms with Gasteiger partial charge in [-0.3, -0.25) is 4.79 Å². The molecule has 21 heavy (non-hydrogen) atoms. The molecule has 0 amide bonds. The van der Waals surface area contributed by atoms with E-state index in [9.17, 15) is 4.79 Å². The average Bonchev–Trinajstić information content (AvgIpc) is 2.53. The summed E-state index contributed by atoms with van der Waals surface area (Å²) < 4.78 is 16.3. The number of carbonyl (C=O) groups is 1. The van der Waals surface area contributed by atoms with Crippen molar-refractivity contribution in [3.05, 3.63) is 52.0 Å². The zero-order valence-electron chi connectivity index (χ0n) is 12.0. The van der Waals surface area contributed by atoms with Gasteiger partial charge in [0.15, 0.2) is 0 Å². The highest BCUT2D eigenvalue weighted by atomic mass is 79.9. The summed E-state index contributed by atoms with van der Waals surface area (Å²) >= 11 is 3.40. The molecule has 5 heteroatoms. The van der Waals surface area contributed by atoms with Crippen LogP contribution in [0.2, 0.25) is 0 Å². The molecule has 110 valence electrons. The van der Waals surface area contributed by atoms with Crippen molar-refractivity contribution in [2.45, 2.75) is 0 Å². The molecule has 0 spiro atoms. The lowest BCUT2D eigenvalue weighted by Crippen LogP contribution is -2.07. The zero-order chi connectivity index (χ0) is 15.4. The first-order valence-corrected chi connectivity index (χ1v) is 7.01. The lowest BCUT2D eigenvalue weighted by Gasteiger charge is -2.13. The van der Waals surface area contributed by atoms with Gasteiger partial charge in [0.2, 0.25) is 5.78 Å². The Morgan fingerprint density at radius 3 is 2.05 bits per heavy atom. The van der Waals surface area contributed by atoms with E-state index in [2.05, 4.69) is 15.9 Å². The minimum Gasteiger partial charge on any atom is -0.497 e. The second-order valence-electron chi connectivity index (χ2n) is 4.21. The highest BCUT2D eigenvalue weighted by Crippen LogP contribution is 2.33. The quantitative estimate of drug-likeness (QED) is 0.771. The van der Waals surface area contributed by atoms with Gasteiger partial charge in [0.25, 0.3) is 0 Å². The minimum atomic E-state index is -0.182. The van der Waals surface area contributed by atoms with Gasteiger partial charge < -0.3 is 14.2 Å². The van der Waals surface area contributed by atoms with Gasteiger partial charge in [0.1, 0.15) is 22.8 Å². The van der Waals surface area contributed by atoms with E-state index >= 15 is 0 Å². The number of ether oxygens (including phenoxy) is 3. The summed E-state index contributed by atoms with van der Waals surface area (Å²) in [7, 11) is 4.62. The van der Waals surface area contributed by atoms with Gasteiger partial charge in [-0.1, -0.05) is 6.07 Å². The number of benzene rings is 2. The average molecular weight is 351 g/mol. The Hall–Kier alpha value is -2.01. The molecule has 2 aromatic carbocycles. The van der Waals surface area contributed by atoms with Gasteiger partial charge >= 0.3 is 0 Å². The number of hydrogen-bond donors (Lipinski definition) is 0. The Kier molecular flexibility index (Phi) is 4.85. The van der Waals surface area contributed by atoms with E-state index < -0.39 is 0 Å². The van der Waals surface area contributed by atoms with Crippen LogP contribution in [0.4, 0.5) is 0 Å². The number of hydrogen-bond acceptors (Lipinski definition) is 4. The fourth-order valence-corrected chi connectivity index (χ4v) is 2.55. The summed E-state index contributed by atoms with van der Waals surface area (Å²) in [6.45, 7) is 0. The molecule has 0 bridgehead atoms. The number of ketones is 1. The van der Waals surface area contributed by atoms with E-state index in [1.165, 1.54) is 14.2 Å². The predicted molar refractivity (Wildman–Crippen MR) is 83.7 cm³/mol. The smallest absolute Gasteiger partial charge is 0.201 e. The number of rotatable bonds is 5. The van der Waals surface area contributed by atoms with Crippen molar-refractivity contribution >= 4 is 21.7 Å². The first-order chi connectivity index (χ1) is 10.1. The van der Waals surface area contributed by atoms with Crippen LogP contribution < -0.4 is 14.2 Å². The Morgan fingerprint density at radius 2 is 1.57 bits per heavy atom. The van der Waals surface area contributed by atoms with Gasteiger partial charge in [0, 0.05) is 10.0 Å². The van der Waals surface area contributed by atoms with Crippen LogP contribution in [-0.4, -0.2) is 27.1 Å². The standard InChI is InChI=1S/C16H15BrO4/c1-19-10-7-8-11(12(17)9-10)16(18)15-13(20-2)5-4-6-14(15)21-3/h4-9H,1-3H3. The van der Waals surface area contributed by atoms with E-state index in [0.29, 0.717) is 32.8 Å². The molecule has 0 aliphatic carbocycles. The Morgan fingerprint density at radius 1 is 0.952 bits per heavy atom. The molecular formula is C16H15BrO4. The molecular weight excluding hydrogens is 336 g/mol. The molecule has 0 atom stereocenters. The van der Waals surface area contributed by atoms with E-state index in [-0.39, 0.29) is 5.78 Å². The van der Waals surface area contributed by atoms with Crippen LogP contribution in [-0.2, 0) is 0 Å². The molecule has 0 N–H and O–H groups in total. The first-order valence-electron chi connectivity index (χ1n) is 6.21. The maximum absolute atomic E-state index is 12.8. The normalized spacial score (nSPS) is 10.1. The monoisotopic (exact) mass is 350 g/mol. The van der Waals surface area contributed by atoms with Gasteiger partial charge in [-0.2, -0.15) is 0 Å². The molecule has 0 fully saturated rings. The van der Waals surface area contributed by atoms with Crippen LogP contribution in [0.3, 0.4) is 0 Å². The third-order valence-corrected chi connectivity index (χ3v) is 3.73. The minimum absolute atomic E-state index is 0.182. The molecule has 0 radical (unpaired) electrons. The first kappa shape index (κ1) is 15.4. The van der Waals surface area contributed by atoms with Crippen molar-refractivity contribution in [1.82, 2.24) is 0 Å². The molecule has 2 aromatic rings. The molecule has 2 rings (SSSR count). The molecule has 0 aliphatic heterocycles. The highest BCUT2D eigenvalue weighted by Gasteiger charge is 2.21. The SMILES string of the molecule is COc1ccc(C(=O)c2c(OC)cccc2OC)c(Br)c1. The lowest BCUT2D eigenvalue weighted by molar-refractivity contribution is 0.103. The summed E-state index contributed by atoms with van der Waals surface area (Å²) in [6.07, 6.45) is 0. The van der Waals surface area contributed by atoms with Crippen molar-refractivity contribution in [3.8, 4) is 17.2 Å². The van der Waals surface area contributed by atoms with Gasteiger partial charge in [0.05, 0.1) is 21.3 Å². The summed E-state index contributed by atoms with van der Waals surface area (Å²) in [4.78, 5) is 12.8. The molecule has 0 aliphatic rings. The zero-order valence-corrected chi connectivity index (χ0v) is 13.6. The van der Waals surface area contributed by atoms with E-state index in [1.54, 1.807) is 43.5 Å². The molecule has 0 saturated heterocycles. The Bertz CT molecular complexity index is 645. The van der Waals surface area contributed by atoms with Crippen LogP contribution in [0, 0.1) is 0 Å². The third kappa shape index (κ3) is 3.03. The molecule has 0 saturated carbocycles. The van der Waals surface area contributed by atoms with Gasteiger partial charge in [-0.25, -0.2) is 0 Å². The number of methoxy groups -OCH3 is 3. The van der Waals surface area contributed by atoms with E-state index in [0.717, 1.165) is 0 Å². The summed E-state index contributed by atoms with van der Waals surface area (Å²) in [5.74, 6) is 1.44. The van der Waals surface area contributed by atoms with Crippen LogP contribution in [0.15, 0.2) is 40.9 Å². The maximum Gasteiger partial charge on any atom is 0.201 e. The van der Waals surface area contributed by atoms with Crippen LogP contribution in [0.25, 0.3) is 0 Å². The summed E-state index contributed by atoms with van der Waals surface area (Å²) in [5, 5.41) is 0. The maximum atomic E-state index is 12.8. The van der Waals surface area contributed by atoms with Gasteiger partial charge in [-0.05, 0) is 46.3 Å².